The number of hydrogen-bond acceptors (Lipinski definition) is 6. The molecule has 0 aliphatic rings. The maximum absolute atomic E-state index is 12.7. The number of amides is 1. The number of fused-ring (bicyclic) bond motifs is 1. The number of ether oxygens (including phenoxy) is 1. The summed E-state index contributed by atoms with van der Waals surface area (Å²) >= 11 is 4.64. The zero-order valence-corrected chi connectivity index (χ0v) is 18.1. The highest BCUT2D eigenvalue weighted by atomic mass is 79.9. The van der Waals surface area contributed by atoms with Crippen molar-refractivity contribution in [1.82, 2.24) is 4.57 Å². The molecule has 146 valence electrons. The van der Waals surface area contributed by atoms with Crippen LogP contribution in [-0.2, 0) is 25.9 Å². The second kappa shape index (κ2) is 7.98. The molecule has 3 aromatic rings. The van der Waals surface area contributed by atoms with Gasteiger partial charge in [0.15, 0.2) is 14.6 Å². The summed E-state index contributed by atoms with van der Waals surface area (Å²) in [5.74, 6) is -1.08. The van der Waals surface area contributed by atoms with Crippen LogP contribution in [0.4, 0.5) is 0 Å². The number of methoxy groups -OCH3 is 1. The smallest absolute Gasteiger partial charge is 0.325 e. The number of nitrogens with zero attached hydrogens (tertiary/aromatic N) is 2. The number of carbonyl (C=O) groups excluding carboxylic acids is 2. The Kier molecular flexibility index (Phi) is 5.82. The van der Waals surface area contributed by atoms with Gasteiger partial charge >= 0.3 is 5.97 Å². The number of sulfone groups is 1. The molecule has 1 aromatic heterocycles. The minimum absolute atomic E-state index is 0.0382. The predicted molar refractivity (Wildman–Crippen MR) is 109 cm³/mol. The van der Waals surface area contributed by atoms with Crippen molar-refractivity contribution in [3.8, 4) is 0 Å². The summed E-state index contributed by atoms with van der Waals surface area (Å²) in [6.07, 6.45) is 1.07. The quantitative estimate of drug-likeness (QED) is 0.532. The SMILES string of the molecule is COC(=O)Cn1c(=NC(=O)c2cccc(S(C)(=O)=O)c2)sc2cc(Br)ccc21. The molecule has 0 bridgehead atoms. The third kappa shape index (κ3) is 4.40. The van der Waals surface area contributed by atoms with E-state index in [0.29, 0.717) is 4.80 Å². The standard InChI is InChI=1S/C18H15BrN2O5S2/c1-26-16(22)10-21-14-7-6-12(19)9-15(14)27-18(21)20-17(23)11-4-3-5-13(8-11)28(2,24)25/h3-9H,10H2,1-2H3. The summed E-state index contributed by atoms with van der Waals surface area (Å²) in [5.41, 5.74) is 0.876. The van der Waals surface area contributed by atoms with Gasteiger partial charge in [-0.15, -0.1) is 0 Å². The van der Waals surface area contributed by atoms with Crippen LogP contribution >= 0.6 is 27.3 Å². The fourth-order valence-electron chi connectivity index (χ4n) is 2.49. The van der Waals surface area contributed by atoms with Gasteiger partial charge in [-0.3, -0.25) is 9.59 Å². The molecule has 0 saturated carbocycles. The van der Waals surface area contributed by atoms with Crippen molar-refractivity contribution in [2.75, 3.05) is 13.4 Å². The highest BCUT2D eigenvalue weighted by Crippen LogP contribution is 2.22. The van der Waals surface area contributed by atoms with Crippen molar-refractivity contribution in [3.63, 3.8) is 0 Å². The predicted octanol–water partition coefficient (Wildman–Crippen LogP) is 2.78. The molecule has 2 aromatic carbocycles. The zero-order chi connectivity index (χ0) is 20.5. The molecule has 1 heterocycles. The minimum Gasteiger partial charge on any atom is -0.468 e. The fourth-order valence-corrected chi connectivity index (χ4v) is 4.74. The second-order valence-electron chi connectivity index (χ2n) is 5.88. The normalized spacial score (nSPS) is 12.3. The Labute approximate surface area is 173 Å². The molecule has 0 aliphatic carbocycles. The average Bonchev–Trinajstić information content (AvgIpc) is 2.97. The van der Waals surface area contributed by atoms with Crippen LogP contribution < -0.4 is 4.80 Å². The summed E-state index contributed by atoms with van der Waals surface area (Å²) in [7, 11) is -2.16. The molecule has 0 N–H and O–H groups in total. The lowest BCUT2D eigenvalue weighted by atomic mass is 10.2. The van der Waals surface area contributed by atoms with Crippen molar-refractivity contribution in [2.45, 2.75) is 11.4 Å². The molecule has 0 fully saturated rings. The number of aromatic nitrogens is 1. The van der Waals surface area contributed by atoms with E-state index in [-0.39, 0.29) is 17.0 Å². The third-order valence-corrected chi connectivity index (χ3v) is 6.51. The van der Waals surface area contributed by atoms with Crippen molar-refractivity contribution in [2.24, 2.45) is 4.99 Å². The Hall–Kier alpha value is -2.30. The summed E-state index contributed by atoms with van der Waals surface area (Å²) in [6.45, 7) is -0.104. The number of halogens is 1. The molecule has 0 spiro atoms. The number of rotatable bonds is 4. The number of esters is 1. The van der Waals surface area contributed by atoms with Crippen molar-refractivity contribution in [1.29, 1.82) is 0 Å². The first kappa shape index (κ1) is 20.4. The minimum atomic E-state index is -3.45. The van der Waals surface area contributed by atoms with Crippen LogP contribution in [0.3, 0.4) is 0 Å². The van der Waals surface area contributed by atoms with Gasteiger partial charge in [0.25, 0.3) is 5.91 Å². The first-order chi connectivity index (χ1) is 13.2. The van der Waals surface area contributed by atoms with Gasteiger partial charge in [-0.1, -0.05) is 33.3 Å². The Balaban J connectivity index is 2.14. The van der Waals surface area contributed by atoms with E-state index < -0.39 is 21.7 Å². The Morgan fingerprint density at radius 1 is 1.21 bits per heavy atom. The Morgan fingerprint density at radius 2 is 1.96 bits per heavy atom. The molecule has 0 radical (unpaired) electrons. The molecule has 0 aliphatic heterocycles. The highest BCUT2D eigenvalue weighted by Gasteiger charge is 2.14. The van der Waals surface area contributed by atoms with Crippen LogP contribution in [0.5, 0.6) is 0 Å². The lowest BCUT2D eigenvalue weighted by Crippen LogP contribution is -2.22. The molecular weight excluding hydrogens is 468 g/mol. The van der Waals surface area contributed by atoms with Crippen molar-refractivity contribution >= 4 is 59.2 Å². The fraction of sp³-hybridized carbons (Fsp3) is 0.167. The van der Waals surface area contributed by atoms with E-state index in [1.165, 1.54) is 42.7 Å². The Bertz CT molecular complexity index is 1260. The van der Waals surface area contributed by atoms with Gasteiger partial charge in [0.05, 0.1) is 22.2 Å². The van der Waals surface area contributed by atoms with E-state index in [0.717, 1.165) is 20.9 Å². The molecule has 3 rings (SSSR count). The third-order valence-electron chi connectivity index (χ3n) is 3.87. The highest BCUT2D eigenvalue weighted by molar-refractivity contribution is 9.10. The van der Waals surface area contributed by atoms with E-state index in [2.05, 4.69) is 20.9 Å². The van der Waals surface area contributed by atoms with Crippen LogP contribution in [-0.4, -0.2) is 38.2 Å². The molecule has 0 saturated heterocycles. The van der Waals surface area contributed by atoms with E-state index in [1.807, 2.05) is 18.2 Å². The van der Waals surface area contributed by atoms with Gasteiger partial charge < -0.3 is 9.30 Å². The number of benzene rings is 2. The second-order valence-corrected chi connectivity index (χ2v) is 9.82. The summed E-state index contributed by atoms with van der Waals surface area (Å²) < 4.78 is 31.5. The van der Waals surface area contributed by atoms with Gasteiger partial charge in [0, 0.05) is 16.3 Å². The van der Waals surface area contributed by atoms with Gasteiger partial charge in [0.2, 0.25) is 0 Å². The van der Waals surface area contributed by atoms with Gasteiger partial charge in [-0.2, -0.15) is 4.99 Å². The number of hydrogen-bond donors (Lipinski definition) is 0. The van der Waals surface area contributed by atoms with Gasteiger partial charge in [-0.25, -0.2) is 8.42 Å². The van der Waals surface area contributed by atoms with Crippen LogP contribution in [0.1, 0.15) is 10.4 Å². The maximum atomic E-state index is 12.7. The Morgan fingerprint density at radius 3 is 2.64 bits per heavy atom. The van der Waals surface area contributed by atoms with Crippen molar-refractivity contribution in [3.05, 3.63) is 57.3 Å². The summed E-state index contributed by atoms with van der Waals surface area (Å²) in [5, 5.41) is 0. The monoisotopic (exact) mass is 482 g/mol. The van der Waals surface area contributed by atoms with Crippen LogP contribution in [0.15, 0.2) is 56.8 Å². The molecule has 1 amide bonds. The average molecular weight is 483 g/mol. The molecule has 28 heavy (non-hydrogen) atoms. The molecular formula is C18H15BrN2O5S2. The topological polar surface area (TPSA) is 94.8 Å². The summed E-state index contributed by atoms with van der Waals surface area (Å²) in [6, 6.07) is 11.2. The first-order valence-electron chi connectivity index (χ1n) is 7.94. The van der Waals surface area contributed by atoms with Gasteiger partial charge in [0.1, 0.15) is 6.54 Å². The molecule has 0 atom stereocenters. The first-order valence-corrected chi connectivity index (χ1v) is 11.4. The molecule has 7 nitrogen and oxygen atoms in total. The van der Waals surface area contributed by atoms with E-state index >= 15 is 0 Å². The van der Waals surface area contributed by atoms with Gasteiger partial charge in [-0.05, 0) is 36.4 Å². The number of carbonyl (C=O) groups is 2. The maximum Gasteiger partial charge on any atom is 0.325 e. The van der Waals surface area contributed by atoms with Crippen molar-refractivity contribution < 1.29 is 22.7 Å². The van der Waals surface area contributed by atoms with Crippen LogP contribution in [0, 0.1) is 0 Å². The number of thiazole rings is 1. The van der Waals surface area contributed by atoms with Crippen LogP contribution in [0.25, 0.3) is 10.2 Å². The zero-order valence-electron chi connectivity index (χ0n) is 14.9. The lowest BCUT2D eigenvalue weighted by Gasteiger charge is -2.04. The van der Waals surface area contributed by atoms with E-state index in [1.54, 1.807) is 4.57 Å². The van der Waals surface area contributed by atoms with E-state index in [4.69, 9.17) is 4.74 Å². The summed E-state index contributed by atoms with van der Waals surface area (Å²) in [4.78, 5) is 28.9. The van der Waals surface area contributed by atoms with Crippen LogP contribution in [0.2, 0.25) is 0 Å². The molecule has 10 heteroatoms. The largest absolute Gasteiger partial charge is 0.468 e. The molecule has 0 unspecified atom stereocenters. The van der Waals surface area contributed by atoms with E-state index in [9.17, 15) is 18.0 Å². The lowest BCUT2D eigenvalue weighted by molar-refractivity contribution is -0.141.